The number of carbonyl (C=O) groups is 1. The third-order valence-corrected chi connectivity index (χ3v) is 2.50. The molecule has 0 saturated heterocycles. The van der Waals surface area contributed by atoms with E-state index in [9.17, 15) is 9.18 Å². The van der Waals surface area contributed by atoms with Gasteiger partial charge in [-0.25, -0.2) is 4.39 Å². The number of nitrogens with two attached hydrogens (primary N) is 1. The molecule has 0 aliphatic carbocycles. The van der Waals surface area contributed by atoms with Crippen molar-refractivity contribution in [3.8, 4) is 0 Å². The number of aliphatic carboxylic acids is 1. The van der Waals surface area contributed by atoms with E-state index in [0.29, 0.717) is 0 Å². The molecule has 0 heterocycles. The summed E-state index contributed by atoms with van der Waals surface area (Å²) in [6.45, 7) is 0. The fraction of sp³-hybridized carbons (Fsp3) is 0.125. The van der Waals surface area contributed by atoms with Crippen molar-refractivity contribution in [2.24, 2.45) is 5.73 Å². The molecule has 0 fully saturated rings. The molecule has 0 aliphatic heterocycles. The van der Waals surface area contributed by atoms with Crippen LogP contribution in [0.2, 0.25) is 5.02 Å². The highest BCUT2D eigenvalue weighted by Gasteiger charge is 2.21. The second kappa shape index (κ2) is 4.25. The van der Waals surface area contributed by atoms with Gasteiger partial charge in [0, 0.05) is 15.1 Å². The zero-order chi connectivity index (χ0) is 10.9. The van der Waals surface area contributed by atoms with Crippen LogP contribution in [0, 0.1) is 5.82 Å². The van der Waals surface area contributed by atoms with Crippen LogP contribution in [0.15, 0.2) is 16.6 Å². The molecular weight excluding hydrogens is 276 g/mol. The zero-order valence-electron chi connectivity index (χ0n) is 6.80. The Bertz CT molecular complexity index is 363. The lowest BCUT2D eigenvalue weighted by Crippen LogP contribution is -2.22. The third kappa shape index (κ3) is 2.23. The minimum Gasteiger partial charge on any atom is -0.480 e. The molecule has 6 heteroatoms. The number of carboxylic acid groups (broad SMARTS) is 1. The van der Waals surface area contributed by atoms with E-state index in [2.05, 4.69) is 15.9 Å². The number of hydrogen-bond donors (Lipinski definition) is 2. The molecule has 0 aliphatic rings. The fourth-order valence-corrected chi connectivity index (χ4v) is 1.99. The highest BCUT2D eigenvalue weighted by atomic mass is 79.9. The van der Waals surface area contributed by atoms with E-state index in [1.54, 1.807) is 0 Å². The molecule has 0 radical (unpaired) electrons. The molecule has 0 bridgehead atoms. The van der Waals surface area contributed by atoms with Crippen molar-refractivity contribution in [3.63, 3.8) is 0 Å². The minimum atomic E-state index is -1.40. The highest BCUT2D eigenvalue weighted by molar-refractivity contribution is 9.10. The number of carboxylic acids is 1. The molecule has 1 rings (SSSR count). The van der Waals surface area contributed by atoms with Crippen molar-refractivity contribution in [3.05, 3.63) is 33.0 Å². The molecule has 76 valence electrons. The quantitative estimate of drug-likeness (QED) is 0.875. The number of benzene rings is 1. The highest BCUT2D eigenvalue weighted by Crippen LogP contribution is 2.28. The van der Waals surface area contributed by atoms with E-state index < -0.39 is 17.8 Å². The second-order valence-electron chi connectivity index (χ2n) is 2.60. The molecule has 1 unspecified atom stereocenters. The molecule has 1 atom stereocenters. The van der Waals surface area contributed by atoms with Gasteiger partial charge in [-0.1, -0.05) is 27.5 Å². The summed E-state index contributed by atoms with van der Waals surface area (Å²) in [5.74, 6) is -2.04. The first kappa shape index (κ1) is 11.4. The normalized spacial score (nSPS) is 12.6. The summed E-state index contributed by atoms with van der Waals surface area (Å²) in [6.07, 6.45) is 0. The summed E-state index contributed by atoms with van der Waals surface area (Å²) < 4.78 is 13.5. The lowest BCUT2D eigenvalue weighted by atomic mass is 10.1. The lowest BCUT2D eigenvalue weighted by molar-refractivity contribution is -0.138. The second-order valence-corrected chi connectivity index (χ2v) is 3.89. The Balaban J connectivity index is 3.27. The van der Waals surface area contributed by atoms with E-state index in [-0.39, 0.29) is 15.1 Å². The maximum Gasteiger partial charge on any atom is 0.325 e. The van der Waals surface area contributed by atoms with Crippen molar-refractivity contribution in [2.75, 3.05) is 0 Å². The Hall–Kier alpha value is -0.650. The topological polar surface area (TPSA) is 63.3 Å². The minimum absolute atomic E-state index is 0.109. The van der Waals surface area contributed by atoms with Crippen LogP contribution in [0.3, 0.4) is 0 Å². The van der Waals surface area contributed by atoms with Crippen molar-refractivity contribution < 1.29 is 14.3 Å². The molecular formula is C8H6BrClFNO2. The van der Waals surface area contributed by atoms with Gasteiger partial charge in [0.15, 0.2) is 0 Å². The number of halogens is 3. The molecule has 0 saturated carbocycles. The Morgan fingerprint density at radius 1 is 1.64 bits per heavy atom. The molecule has 3 N–H and O–H groups in total. The smallest absolute Gasteiger partial charge is 0.325 e. The summed E-state index contributed by atoms with van der Waals surface area (Å²) in [7, 11) is 0. The first-order chi connectivity index (χ1) is 6.43. The summed E-state index contributed by atoms with van der Waals surface area (Å²) in [5.41, 5.74) is 5.17. The van der Waals surface area contributed by atoms with Gasteiger partial charge in [-0.2, -0.15) is 0 Å². The monoisotopic (exact) mass is 281 g/mol. The average molecular weight is 282 g/mol. The molecule has 0 amide bonds. The fourth-order valence-electron chi connectivity index (χ4n) is 0.974. The van der Waals surface area contributed by atoms with Crippen molar-refractivity contribution >= 4 is 33.5 Å². The van der Waals surface area contributed by atoms with Crippen LogP contribution < -0.4 is 5.73 Å². The van der Waals surface area contributed by atoms with Crippen LogP contribution >= 0.6 is 27.5 Å². The standard InChI is InChI=1S/C8H6BrClFNO2/c9-4-1-3(10)2-5(11)6(4)7(12)8(13)14/h1-2,7H,12H2,(H,13,14). The van der Waals surface area contributed by atoms with Crippen molar-refractivity contribution in [1.82, 2.24) is 0 Å². The summed E-state index contributed by atoms with van der Waals surface area (Å²) in [4.78, 5) is 10.5. The molecule has 1 aromatic rings. The predicted octanol–water partition coefficient (Wildman–Crippen LogP) is 2.33. The van der Waals surface area contributed by atoms with Crippen LogP contribution in [0.5, 0.6) is 0 Å². The number of hydrogen-bond acceptors (Lipinski definition) is 2. The summed E-state index contributed by atoms with van der Waals surface area (Å²) in [5, 5.41) is 8.78. The van der Waals surface area contributed by atoms with E-state index in [0.717, 1.165) is 6.07 Å². The summed E-state index contributed by atoms with van der Waals surface area (Å²) in [6, 6.07) is 1.01. The molecule has 0 spiro atoms. The third-order valence-electron chi connectivity index (χ3n) is 1.62. The first-order valence-electron chi connectivity index (χ1n) is 3.56. The van der Waals surface area contributed by atoms with Crippen molar-refractivity contribution in [2.45, 2.75) is 6.04 Å². The van der Waals surface area contributed by atoms with E-state index in [1.165, 1.54) is 6.07 Å². The van der Waals surface area contributed by atoms with Crippen LogP contribution in [-0.2, 0) is 4.79 Å². The van der Waals surface area contributed by atoms with Gasteiger partial charge in [-0.3, -0.25) is 4.79 Å². The largest absolute Gasteiger partial charge is 0.480 e. The maximum absolute atomic E-state index is 13.3. The van der Waals surface area contributed by atoms with Gasteiger partial charge in [-0.05, 0) is 12.1 Å². The van der Waals surface area contributed by atoms with Gasteiger partial charge in [0.05, 0.1) is 0 Å². The Morgan fingerprint density at radius 3 is 2.64 bits per heavy atom. The van der Waals surface area contributed by atoms with Gasteiger partial charge in [0.2, 0.25) is 0 Å². The van der Waals surface area contributed by atoms with Gasteiger partial charge < -0.3 is 10.8 Å². The SMILES string of the molecule is NC(C(=O)O)c1c(F)cc(Cl)cc1Br. The van der Waals surface area contributed by atoms with Crippen LogP contribution in [0.25, 0.3) is 0 Å². The average Bonchev–Trinajstić information content (AvgIpc) is 2.01. The van der Waals surface area contributed by atoms with E-state index >= 15 is 0 Å². The van der Waals surface area contributed by atoms with Gasteiger partial charge >= 0.3 is 5.97 Å². The number of rotatable bonds is 2. The first-order valence-corrected chi connectivity index (χ1v) is 4.73. The molecule has 0 aromatic heterocycles. The maximum atomic E-state index is 13.3. The predicted molar refractivity (Wildman–Crippen MR) is 53.7 cm³/mol. The molecule has 1 aromatic carbocycles. The van der Waals surface area contributed by atoms with Crippen LogP contribution in [0.1, 0.15) is 11.6 Å². The molecule has 3 nitrogen and oxygen atoms in total. The van der Waals surface area contributed by atoms with Crippen LogP contribution in [-0.4, -0.2) is 11.1 Å². The van der Waals surface area contributed by atoms with Crippen LogP contribution in [0.4, 0.5) is 4.39 Å². The lowest BCUT2D eigenvalue weighted by Gasteiger charge is -2.10. The van der Waals surface area contributed by atoms with Gasteiger partial charge in [0.25, 0.3) is 0 Å². The van der Waals surface area contributed by atoms with Gasteiger partial charge in [0.1, 0.15) is 11.9 Å². The Labute approximate surface area is 92.8 Å². The zero-order valence-corrected chi connectivity index (χ0v) is 9.14. The Kier molecular flexibility index (Phi) is 3.47. The Morgan fingerprint density at radius 2 is 2.21 bits per heavy atom. The van der Waals surface area contributed by atoms with Crippen molar-refractivity contribution in [1.29, 1.82) is 0 Å². The van der Waals surface area contributed by atoms with E-state index in [4.69, 9.17) is 22.4 Å². The molecule has 14 heavy (non-hydrogen) atoms. The van der Waals surface area contributed by atoms with Gasteiger partial charge in [-0.15, -0.1) is 0 Å². The van der Waals surface area contributed by atoms with E-state index in [1.807, 2.05) is 0 Å². The summed E-state index contributed by atoms with van der Waals surface area (Å²) >= 11 is 8.55.